The normalized spacial score (nSPS) is 16.0. The minimum absolute atomic E-state index is 0.0752. The first-order valence-electron chi connectivity index (χ1n) is 7.06. The third kappa shape index (κ3) is 4.03. The third-order valence-electron chi connectivity index (χ3n) is 3.82. The molecule has 1 aliphatic rings. The van der Waals surface area contributed by atoms with E-state index < -0.39 is 23.1 Å². The Kier molecular flexibility index (Phi) is 6.17. The van der Waals surface area contributed by atoms with Crippen LogP contribution in [-0.2, 0) is 0 Å². The van der Waals surface area contributed by atoms with Gasteiger partial charge in [0.1, 0.15) is 17.2 Å². The van der Waals surface area contributed by atoms with Crippen molar-refractivity contribution in [3.05, 3.63) is 33.8 Å². The van der Waals surface area contributed by atoms with Crippen LogP contribution in [0.3, 0.4) is 0 Å². The van der Waals surface area contributed by atoms with Gasteiger partial charge in [-0.15, -0.1) is 0 Å². The summed E-state index contributed by atoms with van der Waals surface area (Å²) in [4.78, 5) is 14.2. The summed E-state index contributed by atoms with van der Waals surface area (Å²) < 4.78 is 28.3. The fourth-order valence-corrected chi connectivity index (χ4v) is 3.61. The average Bonchev–Trinajstić information content (AvgIpc) is 2.44. The van der Waals surface area contributed by atoms with Crippen molar-refractivity contribution >= 4 is 37.8 Å². The van der Waals surface area contributed by atoms with Crippen molar-refractivity contribution in [1.29, 1.82) is 0 Å². The van der Waals surface area contributed by atoms with Gasteiger partial charge < -0.3 is 4.90 Å². The van der Waals surface area contributed by atoms with Crippen molar-refractivity contribution in [3.63, 3.8) is 0 Å². The van der Waals surface area contributed by atoms with Crippen LogP contribution in [0.25, 0.3) is 0 Å². The number of halogens is 4. The Balaban J connectivity index is 2.29. The highest BCUT2D eigenvalue weighted by Gasteiger charge is 2.29. The van der Waals surface area contributed by atoms with E-state index in [1.807, 2.05) is 0 Å². The van der Waals surface area contributed by atoms with Crippen LogP contribution < -0.4 is 0 Å². The van der Waals surface area contributed by atoms with Crippen LogP contribution in [0.1, 0.15) is 42.5 Å². The van der Waals surface area contributed by atoms with E-state index in [1.54, 1.807) is 4.90 Å². The van der Waals surface area contributed by atoms with Crippen molar-refractivity contribution < 1.29 is 13.6 Å². The minimum atomic E-state index is -0.817. The molecule has 0 radical (unpaired) electrons. The summed E-state index contributed by atoms with van der Waals surface area (Å²) in [6.07, 6.45) is 5.08. The van der Waals surface area contributed by atoms with Crippen molar-refractivity contribution in [3.8, 4) is 0 Å². The largest absolute Gasteiger partial charge is 0.335 e. The summed E-state index contributed by atoms with van der Waals surface area (Å²) in [6.45, 7) is 0.457. The first-order chi connectivity index (χ1) is 10.0. The predicted octanol–water partition coefficient (Wildman–Crippen LogP) is 4.90. The Morgan fingerprint density at radius 3 is 2.29 bits per heavy atom. The molecule has 1 aromatic carbocycles. The highest BCUT2D eigenvalue weighted by molar-refractivity contribution is 9.10. The van der Waals surface area contributed by atoms with Crippen molar-refractivity contribution in [2.24, 2.45) is 0 Å². The Morgan fingerprint density at radius 2 is 1.76 bits per heavy atom. The number of amides is 1. The van der Waals surface area contributed by atoms with Gasteiger partial charge in [0, 0.05) is 22.4 Å². The molecule has 6 heteroatoms. The number of rotatable bonds is 4. The Hall–Kier alpha value is -0.490. The van der Waals surface area contributed by atoms with Crippen LogP contribution in [-0.4, -0.2) is 28.7 Å². The summed E-state index contributed by atoms with van der Waals surface area (Å²) in [6, 6.07) is 2.33. The molecule has 21 heavy (non-hydrogen) atoms. The molecule has 1 aliphatic carbocycles. The highest BCUT2D eigenvalue weighted by Crippen LogP contribution is 2.26. The lowest BCUT2D eigenvalue weighted by Crippen LogP contribution is -2.43. The van der Waals surface area contributed by atoms with E-state index in [2.05, 4.69) is 31.9 Å². The average molecular weight is 425 g/mol. The van der Waals surface area contributed by atoms with E-state index in [9.17, 15) is 13.6 Å². The van der Waals surface area contributed by atoms with Gasteiger partial charge in [0.05, 0.1) is 0 Å². The van der Waals surface area contributed by atoms with Crippen LogP contribution in [0, 0.1) is 11.6 Å². The van der Waals surface area contributed by atoms with Crippen LogP contribution >= 0.6 is 31.9 Å². The summed E-state index contributed by atoms with van der Waals surface area (Å²) in [5.74, 6) is -2.19. The van der Waals surface area contributed by atoms with Crippen molar-refractivity contribution in [2.45, 2.75) is 38.1 Å². The van der Waals surface area contributed by atoms with E-state index in [0.29, 0.717) is 16.3 Å². The zero-order chi connectivity index (χ0) is 15.4. The number of hydrogen-bond acceptors (Lipinski definition) is 1. The molecule has 0 aromatic heterocycles. The number of carbonyl (C=O) groups is 1. The van der Waals surface area contributed by atoms with E-state index in [0.717, 1.165) is 44.2 Å². The summed E-state index contributed by atoms with van der Waals surface area (Å²) in [5, 5.41) is 0.592. The van der Waals surface area contributed by atoms with E-state index in [1.165, 1.54) is 0 Å². The minimum Gasteiger partial charge on any atom is -0.335 e. The lowest BCUT2D eigenvalue weighted by atomic mass is 9.93. The lowest BCUT2D eigenvalue weighted by Gasteiger charge is -2.34. The molecular weight excluding hydrogens is 408 g/mol. The van der Waals surface area contributed by atoms with Crippen LogP contribution in [0.4, 0.5) is 8.78 Å². The van der Waals surface area contributed by atoms with Gasteiger partial charge in [-0.25, -0.2) is 8.78 Å². The highest BCUT2D eigenvalue weighted by atomic mass is 79.9. The lowest BCUT2D eigenvalue weighted by molar-refractivity contribution is 0.0641. The first kappa shape index (κ1) is 16.9. The van der Waals surface area contributed by atoms with Gasteiger partial charge in [0.25, 0.3) is 5.91 Å². The van der Waals surface area contributed by atoms with Gasteiger partial charge in [-0.1, -0.05) is 51.1 Å². The zero-order valence-electron chi connectivity index (χ0n) is 11.5. The Morgan fingerprint density at radius 1 is 1.19 bits per heavy atom. The van der Waals surface area contributed by atoms with Gasteiger partial charge in [-0.2, -0.15) is 0 Å². The number of carbonyl (C=O) groups excluding carboxylic acids is 1. The molecule has 2 nitrogen and oxygen atoms in total. The second-order valence-electron chi connectivity index (χ2n) is 5.22. The number of nitrogens with zero attached hydrogens (tertiary/aromatic N) is 1. The smallest absolute Gasteiger partial charge is 0.260 e. The van der Waals surface area contributed by atoms with Gasteiger partial charge in [-0.3, -0.25) is 4.79 Å². The fraction of sp³-hybridized carbons (Fsp3) is 0.533. The van der Waals surface area contributed by atoms with Crippen LogP contribution in [0.2, 0.25) is 0 Å². The molecule has 0 bridgehead atoms. The fourth-order valence-electron chi connectivity index (χ4n) is 2.82. The molecule has 0 spiro atoms. The maximum absolute atomic E-state index is 14.0. The zero-order valence-corrected chi connectivity index (χ0v) is 14.7. The summed E-state index contributed by atoms with van der Waals surface area (Å²) in [7, 11) is 0. The Labute approximate surface area is 140 Å². The number of alkyl halides is 1. The predicted molar refractivity (Wildman–Crippen MR) is 85.8 cm³/mol. The third-order valence-corrected chi connectivity index (χ3v) is 4.63. The molecule has 0 saturated heterocycles. The SMILES string of the molecule is O=C(c1c(F)cc(Br)cc1F)N(CCBr)C1CCCCC1. The van der Waals surface area contributed by atoms with E-state index >= 15 is 0 Å². The van der Waals surface area contributed by atoms with Gasteiger partial charge in [0.2, 0.25) is 0 Å². The molecule has 0 N–H and O–H groups in total. The van der Waals surface area contributed by atoms with Crippen molar-refractivity contribution in [2.75, 3.05) is 11.9 Å². The van der Waals surface area contributed by atoms with Gasteiger partial charge in [-0.05, 0) is 25.0 Å². The molecule has 0 aliphatic heterocycles. The molecule has 116 valence electrons. The molecule has 0 atom stereocenters. The topological polar surface area (TPSA) is 20.3 Å². The maximum Gasteiger partial charge on any atom is 0.260 e. The van der Waals surface area contributed by atoms with E-state index in [4.69, 9.17) is 0 Å². The monoisotopic (exact) mass is 423 g/mol. The number of hydrogen-bond donors (Lipinski definition) is 0. The van der Waals surface area contributed by atoms with Crippen LogP contribution in [0.15, 0.2) is 16.6 Å². The summed E-state index contributed by atoms with van der Waals surface area (Å²) >= 11 is 6.35. The Bertz CT molecular complexity index is 495. The molecule has 0 unspecified atom stereocenters. The molecule has 0 heterocycles. The summed E-state index contributed by atoms with van der Waals surface area (Å²) in [5.41, 5.74) is -0.454. The first-order valence-corrected chi connectivity index (χ1v) is 8.97. The van der Waals surface area contributed by atoms with Gasteiger partial charge in [0.15, 0.2) is 0 Å². The van der Waals surface area contributed by atoms with Crippen molar-refractivity contribution in [1.82, 2.24) is 4.90 Å². The molecule has 2 rings (SSSR count). The van der Waals surface area contributed by atoms with Crippen LogP contribution in [0.5, 0.6) is 0 Å². The molecule has 1 fully saturated rings. The quantitative estimate of drug-likeness (QED) is 0.629. The molecule has 1 saturated carbocycles. The molecule has 1 amide bonds. The second-order valence-corrected chi connectivity index (χ2v) is 6.93. The molecule has 1 aromatic rings. The second kappa shape index (κ2) is 7.68. The molecular formula is C15H17Br2F2NO. The van der Waals surface area contributed by atoms with E-state index in [-0.39, 0.29) is 6.04 Å². The number of benzene rings is 1. The maximum atomic E-state index is 14.0. The standard InChI is InChI=1S/C15H17Br2F2NO/c16-6-7-20(11-4-2-1-3-5-11)15(21)14-12(18)8-10(17)9-13(14)19/h8-9,11H,1-7H2. The van der Waals surface area contributed by atoms with Gasteiger partial charge >= 0.3 is 0 Å².